The Morgan fingerprint density at radius 3 is 2.50 bits per heavy atom. The van der Waals surface area contributed by atoms with Crippen molar-refractivity contribution in [2.75, 3.05) is 0 Å². The minimum atomic E-state index is -1.12. The van der Waals surface area contributed by atoms with E-state index in [0.717, 1.165) is 21.5 Å². The Morgan fingerprint density at radius 1 is 0.950 bits per heavy atom. The first-order valence-electron chi connectivity index (χ1n) is 6.15. The summed E-state index contributed by atoms with van der Waals surface area (Å²) in [7, 11) is 0. The number of ketones is 1. The Kier molecular flexibility index (Phi) is 2.40. The second kappa shape index (κ2) is 3.95. The SMILES string of the molecule is O=C1c2c3cccc(Cl)c3cc3c(Cl)ccc(c23)C1O. The fourth-order valence-corrected chi connectivity index (χ4v) is 3.41. The van der Waals surface area contributed by atoms with Crippen LogP contribution in [0.25, 0.3) is 21.5 Å². The van der Waals surface area contributed by atoms with E-state index in [1.54, 1.807) is 24.3 Å². The van der Waals surface area contributed by atoms with Gasteiger partial charge in [-0.05, 0) is 29.1 Å². The van der Waals surface area contributed by atoms with Crippen LogP contribution in [-0.2, 0) is 0 Å². The van der Waals surface area contributed by atoms with Crippen molar-refractivity contribution in [3.8, 4) is 0 Å². The molecule has 98 valence electrons. The zero-order valence-corrected chi connectivity index (χ0v) is 11.7. The van der Waals surface area contributed by atoms with Crippen molar-refractivity contribution in [2.24, 2.45) is 0 Å². The van der Waals surface area contributed by atoms with Crippen molar-refractivity contribution in [3.05, 3.63) is 57.6 Å². The molecular formula is C16H8Cl2O2. The summed E-state index contributed by atoms with van der Waals surface area (Å²) >= 11 is 12.5. The maximum absolute atomic E-state index is 12.4. The van der Waals surface area contributed by atoms with E-state index >= 15 is 0 Å². The van der Waals surface area contributed by atoms with E-state index in [9.17, 15) is 9.90 Å². The topological polar surface area (TPSA) is 37.3 Å². The molecule has 2 nitrogen and oxygen atoms in total. The van der Waals surface area contributed by atoms with Gasteiger partial charge in [-0.25, -0.2) is 0 Å². The van der Waals surface area contributed by atoms with Gasteiger partial charge in [-0.3, -0.25) is 4.79 Å². The van der Waals surface area contributed by atoms with Crippen LogP contribution in [0.15, 0.2) is 36.4 Å². The summed E-state index contributed by atoms with van der Waals surface area (Å²) in [5.74, 6) is -0.292. The van der Waals surface area contributed by atoms with Gasteiger partial charge in [-0.1, -0.05) is 41.4 Å². The Balaban J connectivity index is 2.36. The second-order valence-electron chi connectivity index (χ2n) is 4.91. The monoisotopic (exact) mass is 302 g/mol. The summed E-state index contributed by atoms with van der Waals surface area (Å²) in [4.78, 5) is 12.4. The molecule has 4 heteroatoms. The molecular weight excluding hydrogens is 295 g/mol. The van der Waals surface area contributed by atoms with Crippen LogP contribution in [-0.4, -0.2) is 10.9 Å². The van der Waals surface area contributed by atoms with Gasteiger partial charge in [0.25, 0.3) is 0 Å². The van der Waals surface area contributed by atoms with Crippen LogP contribution in [0, 0.1) is 0 Å². The van der Waals surface area contributed by atoms with Crippen LogP contribution in [0.3, 0.4) is 0 Å². The number of Topliss-reactive ketones (excluding diaryl/α,β-unsaturated/α-hetero) is 1. The van der Waals surface area contributed by atoms with Gasteiger partial charge < -0.3 is 5.11 Å². The molecule has 1 aliphatic rings. The number of rotatable bonds is 0. The molecule has 1 atom stereocenters. The third kappa shape index (κ3) is 1.36. The Hall–Kier alpha value is -1.61. The van der Waals surface area contributed by atoms with Crippen molar-refractivity contribution in [1.82, 2.24) is 0 Å². The van der Waals surface area contributed by atoms with E-state index in [-0.39, 0.29) is 5.78 Å². The number of aliphatic hydroxyl groups excluding tert-OH is 1. The molecule has 0 heterocycles. The van der Waals surface area contributed by atoms with E-state index in [0.29, 0.717) is 21.2 Å². The number of carbonyl (C=O) groups excluding carboxylic acids is 1. The summed E-state index contributed by atoms with van der Waals surface area (Å²) in [6, 6.07) is 10.7. The molecule has 0 saturated carbocycles. The lowest BCUT2D eigenvalue weighted by Crippen LogP contribution is -2.04. The highest BCUT2D eigenvalue weighted by atomic mass is 35.5. The second-order valence-corrected chi connectivity index (χ2v) is 5.73. The molecule has 3 aromatic rings. The minimum absolute atomic E-state index is 0.292. The molecule has 3 aromatic carbocycles. The highest BCUT2D eigenvalue weighted by molar-refractivity contribution is 6.40. The summed E-state index contributed by atoms with van der Waals surface area (Å²) in [6.07, 6.45) is -1.12. The first-order valence-corrected chi connectivity index (χ1v) is 6.91. The average molecular weight is 303 g/mol. The predicted octanol–water partition coefficient (Wildman–Crippen LogP) is 4.53. The van der Waals surface area contributed by atoms with Crippen LogP contribution >= 0.6 is 23.2 Å². The molecule has 0 saturated heterocycles. The van der Waals surface area contributed by atoms with Gasteiger partial charge in [0.2, 0.25) is 0 Å². The lowest BCUT2D eigenvalue weighted by atomic mass is 9.97. The number of aliphatic hydroxyl groups is 1. The minimum Gasteiger partial charge on any atom is -0.380 e. The molecule has 0 fully saturated rings. The molecule has 0 spiro atoms. The van der Waals surface area contributed by atoms with Crippen molar-refractivity contribution in [2.45, 2.75) is 6.10 Å². The van der Waals surface area contributed by atoms with Gasteiger partial charge in [0.05, 0.1) is 0 Å². The smallest absolute Gasteiger partial charge is 0.197 e. The maximum atomic E-state index is 12.4. The van der Waals surface area contributed by atoms with Crippen LogP contribution in [0.5, 0.6) is 0 Å². The number of hydrogen-bond acceptors (Lipinski definition) is 2. The summed E-state index contributed by atoms with van der Waals surface area (Å²) in [6.45, 7) is 0. The molecule has 1 aliphatic carbocycles. The number of benzene rings is 3. The van der Waals surface area contributed by atoms with Crippen molar-refractivity contribution >= 4 is 50.5 Å². The van der Waals surface area contributed by atoms with Gasteiger partial charge in [-0.15, -0.1) is 0 Å². The molecule has 0 bridgehead atoms. The summed E-state index contributed by atoms with van der Waals surface area (Å²) < 4.78 is 0. The largest absolute Gasteiger partial charge is 0.380 e. The van der Waals surface area contributed by atoms with Crippen LogP contribution in [0.4, 0.5) is 0 Å². The maximum Gasteiger partial charge on any atom is 0.197 e. The van der Waals surface area contributed by atoms with Crippen LogP contribution in [0.2, 0.25) is 10.0 Å². The molecule has 0 aliphatic heterocycles. The van der Waals surface area contributed by atoms with E-state index < -0.39 is 6.10 Å². The molecule has 0 aromatic heterocycles. The average Bonchev–Trinajstić information content (AvgIpc) is 2.69. The Bertz CT molecular complexity index is 915. The third-order valence-electron chi connectivity index (χ3n) is 3.87. The summed E-state index contributed by atoms with van der Waals surface area (Å²) in [5.41, 5.74) is 1.14. The Labute approximate surface area is 124 Å². The van der Waals surface area contributed by atoms with Gasteiger partial charge >= 0.3 is 0 Å². The number of hydrogen-bond donors (Lipinski definition) is 1. The van der Waals surface area contributed by atoms with Crippen molar-refractivity contribution < 1.29 is 9.90 Å². The fraction of sp³-hybridized carbons (Fsp3) is 0.0625. The normalized spacial score (nSPS) is 17.4. The first-order chi connectivity index (χ1) is 9.59. The number of halogens is 2. The first kappa shape index (κ1) is 12.2. The van der Waals surface area contributed by atoms with Gasteiger partial charge in [0, 0.05) is 31.8 Å². The fourth-order valence-electron chi connectivity index (χ4n) is 2.97. The standard InChI is InChI=1S/C16H8Cl2O2/c17-11-3-1-2-7-9(11)6-10-12(18)5-4-8-13(10)14(7)16(20)15(8)19/h1-6,15,19H. The Morgan fingerprint density at radius 2 is 1.70 bits per heavy atom. The van der Waals surface area contributed by atoms with E-state index in [1.807, 2.05) is 12.1 Å². The van der Waals surface area contributed by atoms with Crippen molar-refractivity contribution in [3.63, 3.8) is 0 Å². The highest BCUT2D eigenvalue weighted by Gasteiger charge is 2.33. The van der Waals surface area contributed by atoms with E-state index in [4.69, 9.17) is 23.2 Å². The van der Waals surface area contributed by atoms with E-state index in [2.05, 4.69) is 0 Å². The molecule has 20 heavy (non-hydrogen) atoms. The van der Waals surface area contributed by atoms with Gasteiger partial charge in [0.1, 0.15) is 6.10 Å². The molecule has 4 rings (SSSR count). The number of fused-ring (bicyclic) bond motifs is 2. The van der Waals surface area contributed by atoms with Crippen LogP contribution < -0.4 is 0 Å². The zero-order valence-electron chi connectivity index (χ0n) is 10.2. The van der Waals surface area contributed by atoms with Crippen molar-refractivity contribution in [1.29, 1.82) is 0 Å². The molecule has 0 radical (unpaired) electrons. The third-order valence-corrected chi connectivity index (χ3v) is 4.53. The van der Waals surface area contributed by atoms with E-state index in [1.165, 1.54) is 0 Å². The number of carbonyl (C=O) groups is 1. The molecule has 1 N–H and O–H groups in total. The zero-order chi connectivity index (χ0) is 14.0. The van der Waals surface area contributed by atoms with Crippen LogP contribution in [0.1, 0.15) is 22.0 Å². The quantitative estimate of drug-likeness (QED) is 0.620. The lowest BCUT2D eigenvalue weighted by Gasteiger charge is -2.08. The molecule has 0 amide bonds. The summed E-state index contributed by atoms with van der Waals surface area (Å²) in [5, 5.41) is 14.3. The predicted molar refractivity (Wildman–Crippen MR) is 80.8 cm³/mol. The van der Waals surface area contributed by atoms with Gasteiger partial charge in [-0.2, -0.15) is 0 Å². The van der Waals surface area contributed by atoms with Gasteiger partial charge in [0.15, 0.2) is 5.78 Å². The lowest BCUT2D eigenvalue weighted by molar-refractivity contribution is 0.0768. The highest BCUT2D eigenvalue weighted by Crippen LogP contribution is 2.44. The molecule has 1 unspecified atom stereocenters.